The highest BCUT2D eigenvalue weighted by Gasteiger charge is 2.45. The Hall–Kier alpha value is -2.77. The molecule has 1 atom stereocenters. The molecule has 31 heavy (non-hydrogen) atoms. The number of cyclic esters (lactones) is 1. The van der Waals surface area contributed by atoms with Crippen molar-refractivity contribution in [1.29, 1.82) is 0 Å². The molecule has 4 heterocycles. The molecule has 0 aliphatic carbocycles. The molecule has 0 saturated carbocycles. The van der Waals surface area contributed by atoms with Crippen LogP contribution >= 0.6 is 0 Å². The Morgan fingerprint density at radius 1 is 1.19 bits per heavy atom. The maximum Gasteiger partial charge on any atom is 0.343 e. The maximum atomic E-state index is 13.2. The molecular formula is C24H26N2O4Si. The molecule has 6 nitrogen and oxygen atoms in total. The summed E-state index contributed by atoms with van der Waals surface area (Å²) in [5.41, 5.74) is 3.23. The van der Waals surface area contributed by atoms with Crippen LogP contribution < -0.4 is 5.56 Å². The minimum Gasteiger partial charge on any atom is -0.458 e. The average molecular weight is 435 g/mol. The minimum absolute atomic E-state index is 0.110. The first kappa shape index (κ1) is 20.1. The summed E-state index contributed by atoms with van der Waals surface area (Å²) in [7, 11) is -1.23. The molecule has 2 aliphatic heterocycles. The van der Waals surface area contributed by atoms with Crippen LogP contribution in [0.3, 0.4) is 0 Å². The molecule has 1 N–H and O–H groups in total. The fraction of sp³-hybridized carbons (Fsp3) is 0.375. The van der Waals surface area contributed by atoms with E-state index >= 15 is 0 Å². The van der Waals surface area contributed by atoms with Crippen LogP contribution in [0.25, 0.3) is 22.3 Å². The van der Waals surface area contributed by atoms with Gasteiger partial charge in [-0.05, 0) is 42.3 Å². The molecule has 3 aromatic rings. The number of ether oxygens (including phenoxy) is 1. The van der Waals surface area contributed by atoms with Crippen molar-refractivity contribution in [3.8, 4) is 11.4 Å². The molecule has 0 radical (unpaired) electrons. The molecule has 0 spiro atoms. The number of carbonyl (C=O) groups excluding carboxylic acids is 1. The van der Waals surface area contributed by atoms with Gasteiger partial charge in [0.2, 0.25) is 0 Å². The highest BCUT2D eigenvalue weighted by Crippen LogP contribution is 2.38. The Kier molecular flexibility index (Phi) is 4.30. The van der Waals surface area contributed by atoms with E-state index in [9.17, 15) is 14.7 Å². The van der Waals surface area contributed by atoms with E-state index in [1.807, 2.05) is 6.07 Å². The smallest absolute Gasteiger partial charge is 0.343 e. The van der Waals surface area contributed by atoms with Crippen LogP contribution in [0.15, 0.2) is 35.1 Å². The van der Waals surface area contributed by atoms with Crippen molar-refractivity contribution in [2.45, 2.75) is 57.8 Å². The Balaban J connectivity index is 1.67. The first-order valence-corrected chi connectivity index (χ1v) is 14.4. The molecule has 0 bridgehead atoms. The number of pyridine rings is 2. The molecule has 0 fully saturated rings. The molecule has 0 saturated heterocycles. The normalized spacial score (nSPS) is 19.7. The highest BCUT2D eigenvalue weighted by atomic mass is 28.3. The van der Waals surface area contributed by atoms with Gasteiger partial charge in [0.15, 0.2) is 5.60 Å². The van der Waals surface area contributed by atoms with E-state index in [0.717, 1.165) is 28.2 Å². The monoisotopic (exact) mass is 434 g/mol. The quantitative estimate of drug-likeness (QED) is 0.394. The van der Waals surface area contributed by atoms with E-state index in [2.05, 4.69) is 37.8 Å². The zero-order valence-electron chi connectivity index (χ0n) is 18.3. The van der Waals surface area contributed by atoms with Crippen LogP contribution in [0.1, 0.15) is 35.6 Å². The second-order valence-corrected chi connectivity index (χ2v) is 15.3. The van der Waals surface area contributed by atoms with E-state index < -0.39 is 19.6 Å². The number of benzene rings is 1. The summed E-state index contributed by atoms with van der Waals surface area (Å²) in [6, 6.07) is 11.4. The van der Waals surface area contributed by atoms with Gasteiger partial charge < -0.3 is 14.4 Å². The van der Waals surface area contributed by atoms with Crippen molar-refractivity contribution in [3.05, 3.63) is 62.9 Å². The third-order valence-electron chi connectivity index (χ3n) is 6.31. The van der Waals surface area contributed by atoms with Gasteiger partial charge in [0, 0.05) is 24.6 Å². The van der Waals surface area contributed by atoms with E-state index in [4.69, 9.17) is 9.72 Å². The van der Waals surface area contributed by atoms with Crippen LogP contribution in [0.2, 0.25) is 19.6 Å². The number of aliphatic hydroxyl groups is 1. The van der Waals surface area contributed by atoms with Gasteiger partial charge in [-0.1, -0.05) is 32.6 Å². The van der Waals surface area contributed by atoms with Crippen molar-refractivity contribution < 1.29 is 14.6 Å². The van der Waals surface area contributed by atoms with Gasteiger partial charge in [-0.2, -0.15) is 0 Å². The van der Waals surface area contributed by atoms with Crippen molar-refractivity contribution in [3.63, 3.8) is 0 Å². The highest BCUT2D eigenvalue weighted by molar-refractivity contribution is 6.75. The lowest BCUT2D eigenvalue weighted by Crippen LogP contribution is -2.44. The number of carbonyl (C=O) groups is 1. The number of hydrogen-bond donors (Lipinski definition) is 1. The number of esters is 1. The van der Waals surface area contributed by atoms with Crippen molar-refractivity contribution >= 4 is 24.9 Å². The fourth-order valence-corrected chi connectivity index (χ4v) is 6.20. The van der Waals surface area contributed by atoms with E-state index in [1.54, 1.807) is 17.6 Å². The third-order valence-corrected chi connectivity index (χ3v) is 7.78. The summed E-state index contributed by atoms with van der Waals surface area (Å²) < 4.78 is 6.80. The van der Waals surface area contributed by atoms with Gasteiger partial charge in [0.25, 0.3) is 5.56 Å². The van der Waals surface area contributed by atoms with E-state index in [1.165, 1.54) is 5.56 Å². The lowest BCUT2D eigenvalue weighted by molar-refractivity contribution is -0.172. The molecule has 0 unspecified atom stereocenters. The Morgan fingerprint density at radius 3 is 2.68 bits per heavy atom. The summed E-state index contributed by atoms with van der Waals surface area (Å²) >= 11 is 0. The third kappa shape index (κ3) is 3.06. The molecule has 2 aliphatic rings. The van der Waals surface area contributed by atoms with Crippen LogP contribution in [-0.2, 0) is 34.3 Å². The molecule has 1 aromatic carbocycles. The summed E-state index contributed by atoms with van der Waals surface area (Å²) in [4.78, 5) is 30.4. The largest absolute Gasteiger partial charge is 0.458 e. The number of rotatable bonds is 3. The van der Waals surface area contributed by atoms with Gasteiger partial charge in [-0.3, -0.25) is 4.79 Å². The predicted molar refractivity (Wildman–Crippen MR) is 122 cm³/mol. The molecule has 160 valence electrons. The molecule has 0 amide bonds. The second kappa shape index (κ2) is 6.61. The zero-order chi connectivity index (χ0) is 22.1. The zero-order valence-corrected chi connectivity index (χ0v) is 19.3. The van der Waals surface area contributed by atoms with Crippen molar-refractivity contribution in [2.24, 2.45) is 0 Å². The number of fused-ring (bicyclic) bond motifs is 5. The van der Waals surface area contributed by atoms with Gasteiger partial charge in [-0.15, -0.1) is 0 Å². The van der Waals surface area contributed by atoms with E-state index in [-0.39, 0.29) is 18.6 Å². The molecule has 7 heteroatoms. The topological polar surface area (TPSA) is 81.4 Å². The maximum absolute atomic E-state index is 13.2. The average Bonchev–Trinajstić information content (AvgIpc) is 3.06. The lowest BCUT2D eigenvalue weighted by Gasteiger charge is -2.31. The Labute approximate surface area is 181 Å². The van der Waals surface area contributed by atoms with Crippen LogP contribution in [0.4, 0.5) is 0 Å². The van der Waals surface area contributed by atoms with Crippen LogP contribution in [0.5, 0.6) is 0 Å². The number of aromatic nitrogens is 2. The summed E-state index contributed by atoms with van der Waals surface area (Å²) in [6.07, 6.45) is 0.138. The van der Waals surface area contributed by atoms with Gasteiger partial charge >= 0.3 is 5.97 Å². The molecule has 2 aromatic heterocycles. The molecular weight excluding hydrogens is 408 g/mol. The SMILES string of the molecule is CC[C@@]1(O)C(=O)OCc2c1cc1n(c2=O)Cc2cc3cc(C[Si](C)(C)C)ccc3nc2-1. The van der Waals surface area contributed by atoms with Crippen LogP contribution in [-0.4, -0.2) is 28.7 Å². The summed E-state index contributed by atoms with van der Waals surface area (Å²) in [5.74, 6) is -0.702. The summed E-state index contributed by atoms with van der Waals surface area (Å²) in [5, 5.41) is 12.0. The lowest BCUT2D eigenvalue weighted by atomic mass is 9.86. The number of hydrogen-bond acceptors (Lipinski definition) is 5. The van der Waals surface area contributed by atoms with Crippen molar-refractivity contribution in [2.75, 3.05) is 0 Å². The van der Waals surface area contributed by atoms with Gasteiger partial charge in [-0.25, -0.2) is 9.78 Å². The Morgan fingerprint density at radius 2 is 1.97 bits per heavy atom. The second-order valence-electron chi connectivity index (χ2n) is 9.86. The first-order valence-electron chi connectivity index (χ1n) is 10.7. The Bertz CT molecular complexity index is 1320. The van der Waals surface area contributed by atoms with Crippen LogP contribution in [0, 0.1) is 0 Å². The fourth-order valence-electron chi connectivity index (χ4n) is 4.76. The van der Waals surface area contributed by atoms with Crippen molar-refractivity contribution in [1.82, 2.24) is 9.55 Å². The predicted octanol–water partition coefficient (Wildman–Crippen LogP) is 3.50. The standard InChI is InChI=1S/C24H26N2O4Si/c1-5-24(29)18-10-20-21-16(11-26(20)22(27)17(18)12-30-23(24)28)9-15-8-14(13-31(2,3)4)6-7-19(15)25-21/h6-10,29H,5,11-13H2,1-4H3/t24-/m0/s1. The first-order chi connectivity index (χ1) is 14.6. The van der Waals surface area contributed by atoms with Gasteiger partial charge in [0.1, 0.15) is 6.61 Å². The summed E-state index contributed by atoms with van der Waals surface area (Å²) in [6.45, 7) is 9.09. The molecule has 5 rings (SSSR count). The van der Waals surface area contributed by atoms with Gasteiger partial charge in [0.05, 0.1) is 29.0 Å². The van der Waals surface area contributed by atoms with E-state index in [0.29, 0.717) is 23.4 Å². The minimum atomic E-state index is -1.80. The number of nitrogens with zero attached hydrogens (tertiary/aromatic N) is 2.